The highest BCUT2D eigenvalue weighted by atomic mass is 19.3. The van der Waals surface area contributed by atoms with E-state index in [0.717, 1.165) is 12.8 Å². The van der Waals surface area contributed by atoms with E-state index in [4.69, 9.17) is 10.5 Å². The average molecular weight is 215 g/mol. The van der Waals surface area contributed by atoms with Crippen molar-refractivity contribution in [3.05, 3.63) is 11.8 Å². The van der Waals surface area contributed by atoms with Gasteiger partial charge in [-0.25, -0.2) is 8.78 Å². The Labute approximate surface area is 85.4 Å². The van der Waals surface area contributed by atoms with E-state index in [1.165, 1.54) is 6.07 Å². The van der Waals surface area contributed by atoms with Crippen LogP contribution >= 0.6 is 0 Å². The Hall–Kier alpha value is -1.46. The Morgan fingerprint density at radius 1 is 1.47 bits per heavy atom. The summed E-state index contributed by atoms with van der Waals surface area (Å²) in [5.74, 6) is 0.819. The molecule has 15 heavy (non-hydrogen) atoms. The van der Waals surface area contributed by atoms with Gasteiger partial charge in [-0.1, -0.05) is 0 Å². The minimum absolute atomic E-state index is 0.184. The van der Waals surface area contributed by atoms with Crippen LogP contribution in [0.15, 0.2) is 6.07 Å². The predicted octanol–water partition coefficient (Wildman–Crippen LogP) is 1.58. The van der Waals surface area contributed by atoms with Gasteiger partial charge in [0.05, 0.1) is 0 Å². The molecular formula is C9H11F2N3O. The van der Waals surface area contributed by atoms with E-state index in [0.29, 0.717) is 17.4 Å². The number of aromatic nitrogens is 2. The number of anilines is 1. The number of rotatable bonds is 4. The largest absolute Gasteiger partial charge is 0.485 e. The van der Waals surface area contributed by atoms with Gasteiger partial charge in [-0.2, -0.15) is 0 Å². The summed E-state index contributed by atoms with van der Waals surface area (Å²) in [5, 5.41) is 7.56. The lowest BCUT2D eigenvalue weighted by atomic mass is 10.2. The lowest BCUT2D eigenvalue weighted by Crippen LogP contribution is -2.10. The van der Waals surface area contributed by atoms with Crippen LogP contribution in [0.25, 0.3) is 0 Å². The Morgan fingerprint density at radius 2 is 2.20 bits per heavy atom. The van der Waals surface area contributed by atoms with Crippen LogP contribution in [0.5, 0.6) is 5.75 Å². The Bertz CT molecular complexity index is 355. The SMILES string of the molecule is Nc1cc(OCC(F)F)c(C2CC2)nn1. The minimum Gasteiger partial charge on any atom is -0.485 e. The molecule has 0 radical (unpaired) electrons. The van der Waals surface area contributed by atoms with Gasteiger partial charge in [-0.3, -0.25) is 0 Å². The molecule has 2 N–H and O–H groups in total. The zero-order chi connectivity index (χ0) is 10.8. The van der Waals surface area contributed by atoms with Gasteiger partial charge in [0.15, 0.2) is 0 Å². The van der Waals surface area contributed by atoms with Gasteiger partial charge in [0.25, 0.3) is 6.43 Å². The number of alkyl halides is 2. The van der Waals surface area contributed by atoms with E-state index in [-0.39, 0.29) is 5.82 Å². The Morgan fingerprint density at radius 3 is 2.80 bits per heavy atom. The maximum atomic E-state index is 12.0. The first-order valence-electron chi connectivity index (χ1n) is 4.71. The van der Waals surface area contributed by atoms with Crippen molar-refractivity contribution in [2.45, 2.75) is 25.2 Å². The van der Waals surface area contributed by atoms with Crippen molar-refractivity contribution in [1.29, 1.82) is 0 Å². The number of ether oxygens (including phenoxy) is 1. The van der Waals surface area contributed by atoms with Gasteiger partial charge in [0.1, 0.15) is 23.9 Å². The summed E-state index contributed by atoms with van der Waals surface area (Å²) in [6.45, 7) is -0.634. The van der Waals surface area contributed by atoms with Gasteiger partial charge in [-0.05, 0) is 12.8 Å². The van der Waals surface area contributed by atoms with Gasteiger partial charge >= 0.3 is 0 Å². The molecule has 0 saturated heterocycles. The molecule has 82 valence electrons. The second-order valence-corrected chi connectivity index (χ2v) is 3.50. The number of hydrogen-bond acceptors (Lipinski definition) is 4. The van der Waals surface area contributed by atoms with Crippen LogP contribution in [0.3, 0.4) is 0 Å². The van der Waals surface area contributed by atoms with Crippen molar-refractivity contribution in [3.63, 3.8) is 0 Å². The van der Waals surface area contributed by atoms with Crippen molar-refractivity contribution < 1.29 is 13.5 Å². The van der Waals surface area contributed by atoms with E-state index >= 15 is 0 Å². The first-order valence-corrected chi connectivity index (χ1v) is 4.71. The molecule has 1 aromatic rings. The third kappa shape index (κ3) is 2.51. The van der Waals surface area contributed by atoms with E-state index in [1.54, 1.807) is 0 Å². The number of hydrogen-bond donors (Lipinski definition) is 1. The van der Waals surface area contributed by atoms with Crippen LogP contribution in [0, 0.1) is 0 Å². The topological polar surface area (TPSA) is 61.0 Å². The molecule has 0 spiro atoms. The van der Waals surface area contributed by atoms with Gasteiger partial charge in [0, 0.05) is 12.0 Å². The number of nitrogens with zero attached hydrogens (tertiary/aromatic N) is 2. The maximum absolute atomic E-state index is 12.0. The van der Waals surface area contributed by atoms with E-state index in [1.807, 2.05) is 0 Å². The fraction of sp³-hybridized carbons (Fsp3) is 0.556. The van der Waals surface area contributed by atoms with E-state index in [9.17, 15) is 8.78 Å². The number of halogens is 2. The van der Waals surface area contributed by atoms with Crippen molar-refractivity contribution in [1.82, 2.24) is 10.2 Å². The Balaban J connectivity index is 2.14. The fourth-order valence-corrected chi connectivity index (χ4v) is 1.31. The normalized spacial score (nSPS) is 15.7. The van der Waals surface area contributed by atoms with Gasteiger partial charge < -0.3 is 10.5 Å². The third-order valence-electron chi connectivity index (χ3n) is 2.13. The molecule has 0 aliphatic heterocycles. The molecule has 0 aromatic carbocycles. The van der Waals surface area contributed by atoms with Crippen LogP contribution < -0.4 is 10.5 Å². The molecule has 2 rings (SSSR count). The molecule has 1 aliphatic carbocycles. The summed E-state index contributed by atoms with van der Waals surface area (Å²) in [5.41, 5.74) is 6.06. The van der Waals surface area contributed by atoms with Crippen LogP contribution in [0.2, 0.25) is 0 Å². The molecule has 0 unspecified atom stereocenters. The summed E-state index contributed by atoms with van der Waals surface area (Å²) in [6.07, 6.45) is -0.487. The summed E-state index contributed by atoms with van der Waals surface area (Å²) < 4.78 is 28.9. The molecule has 1 heterocycles. The highest BCUT2D eigenvalue weighted by molar-refractivity contribution is 5.40. The summed E-state index contributed by atoms with van der Waals surface area (Å²) in [4.78, 5) is 0. The van der Waals surface area contributed by atoms with Crippen molar-refractivity contribution in [2.75, 3.05) is 12.3 Å². The highest BCUT2D eigenvalue weighted by Crippen LogP contribution is 2.43. The molecule has 1 fully saturated rings. The zero-order valence-electron chi connectivity index (χ0n) is 7.99. The summed E-state index contributed by atoms with van der Waals surface area (Å²) in [6, 6.07) is 1.45. The smallest absolute Gasteiger partial charge is 0.272 e. The van der Waals surface area contributed by atoms with E-state index in [2.05, 4.69) is 10.2 Å². The number of nitrogens with two attached hydrogens (primary N) is 1. The molecule has 0 amide bonds. The van der Waals surface area contributed by atoms with Crippen LogP contribution in [0.1, 0.15) is 24.5 Å². The van der Waals surface area contributed by atoms with Crippen molar-refractivity contribution >= 4 is 5.82 Å². The van der Waals surface area contributed by atoms with Gasteiger partial charge in [0.2, 0.25) is 0 Å². The van der Waals surface area contributed by atoms with Crippen LogP contribution in [-0.2, 0) is 0 Å². The summed E-state index contributed by atoms with van der Waals surface area (Å²) >= 11 is 0. The minimum atomic E-state index is -2.49. The lowest BCUT2D eigenvalue weighted by molar-refractivity contribution is 0.0811. The first kappa shape index (κ1) is 10.1. The van der Waals surface area contributed by atoms with Crippen molar-refractivity contribution in [3.8, 4) is 5.75 Å². The molecule has 1 saturated carbocycles. The van der Waals surface area contributed by atoms with Crippen LogP contribution in [-0.4, -0.2) is 23.2 Å². The summed E-state index contributed by atoms with van der Waals surface area (Å²) in [7, 11) is 0. The monoisotopic (exact) mass is 215 g/mol. The quantitative estimate of drug-likeness (QED) is 0.828. The molecule has 4 nitrogen and oxygen atoms in total. The second-order valence-electron chi connectivity index (χ2n) is 3.50. The molecule has 0 bridgehead atoms. The zero-order valence-corrected chi connectivity index (χ0v) is 7.99. The average Bonchev–Trinajstić information content (AvgIpc) is 2.98. The number of nitrogen functional groups attached to an aromatic ring is 1. The molecule has 1 aliphatic rings. The second kappa shape index (κ2) is 3.96. The lowest BCUT2D eigenvalue weighted by Gasteiger charge is -2.09. The molecular weight excluding hydrogens is 204 g/mol. The molecule has 0 atom stereocenters. The van der Waals surface area contributed by atoms with E-state index < -0.39 is 13.0 Å². The first-order chi connectivity index (χ1) is 7.16. The third-order valence-corrected chi connectivity index (χ3v) is 2.13. The predicted molar refractivity (Wildman–Crippen MR) is 49.9 cm³/mol. The molecule has 1 aromatic heterocycles. The van der Waals surface area contributed by atoms with Gasteiger partial charge in [-0.15, -0.1) is 10.2 Å². The standard InChI is InChI=1S/C9H11F2N3O/c10-7(11)4-15-6-3-8(12)13-14-9(6)5-1-2-5/h3,5,7H,1-2,4H2,(H2,12,13). The highest BCUT2D eigenvalue weighted by Gasteiger charge is 2.29. The molecule has 6 heteroatoms. The fourth-order valence-electron chi connectivity index (χ4n) is 1.31. The van der Waals surface area contributed by atoms with Crippen molar-refractivity contribution in [2.24, 2.45) is 0 Å². The maximum Gasteiger partial charge on any atom is 0.272 e. The van der Waals surface area contributed by atoms with Crippen LogP contribution in [0.4, 0.5) is 14.6 Å². The Kier molecular flexibility index (Phi) is 2.66.